The van der Waals surface area contributed by atoms with Crippen LogP contribution >= 0.6 is 0 Å². The third kappa shape index (κ3) is 3.32. The van der Waals surface area contributed by atoms with E-state index in [1.54, 1.807) is 0 Å². The maximum Gasteiger partial charge on any atom is 0.319 e. The van der Waals surface area contributed by atoms with Gasteiger partial charge in [0.15, 0.2) is 0 Å². The third-order valence-electron chi connectivity index (χ3n) is 3.38. The van der Waals surface area contributed by atoms with Gasteiger partial charge in [-0.1, -0.05) is 32.0 Å². The Morgan fingerprint density at radius 3 is 2.75 bits per heavy atom. The number of para-hydroxylation sites is 1. The second-order valence-electron chi connectivity index (χ2n) is 5.41. The van der Waals surface area contributed by atoms with Gasteiger partial charge in [0.1, 0.15) is 0 Å². The Morgan fingerprint density at radius 1 is 1.30 bits per heavy atom. The summed E-state index contributed by atoms with van der Waals surface area (Å²) in [6, 6.07) is 7.97. The molecule has 0 bridgehead atoms. The van der Waals surface area contributed by atoms with E-state index >= 15 is 0 Å². The number of carbonyl (C=O) groups is 1. The minimum Gasteiger partial charge on any atom is -0.346 e. The van der Waals surface area contributed by atoms with Gasteiger partial charge in [-0.05, 0) is 25.3 Å². The summed E-state index contributed by atoms with van der Waals surface area (Å²) in [5, 5.41) is 6.91. The highest BCUT2D eigenvalue weighted by molar-refractivity contribution is 6.01. The number of nitrogens with zero attached hydrogens (tertiary/aromatic N) is 1. The predicted octanol–water partition coefficient (Wildman–Crippen LogP) is 3.83. The van der Waals surface area contributed by atoms with Gasteiger partial charge in [0.25, 0.3) is 0 Å². The molecule has 0 saturated heterocycles. The lowest BCUT2D eigenvalue weighted by Crippen LogP contribution is -2.30. The molecule has 0 aliphatic rings. The topological polar surface area (TPSA) is 46.1 Å². The molecule has 2 N–H and O–H groups in total. The zero-order valence-corrected chi connectivity index (χ0v) is 12.4. The van der Waals surface area contributed by atoms with Crippen LogP contribution in [-0.4, -0.2) is 17.1 Å². The molecule has 0 radical (unpaired) electrons. The summed E-state index contributed by atoms with van der Waals surface area (Å²) in [5.74, 6) is 0.595. The van der Waals surface area contributed by atoms with E-state index in [0.717, 1.165) is 29.6 Å². The van der Waals surface area contributed by atoms with E-state index in [-0.39, 0.29) is 6.03 Å². The summed E-state index contributed by atoms with van der Waals surface area (Å²) in [6.45, 7) is 7.98. The zero-order valence-electron chi connectivity index (χ0n) is 12.4. The van der Waals surface area contributed by atoms with Crippen LogP contribution < -0.4 is 10.6 Å². The van der Waals surface area contributed by atoms with Crippen molar-refractivity contribution in [3.63, 3.8) is 0 Å². The first-order valence-corrected chi connectivity index (χ1v) is 7.24. The van der Waals surface area contributed by atoms with Crippen LogP contribution in [0, 0.1) is 5.92 Å². The molecule has 2 aromatic rings. The lowest BCUT2D eigenvalue weighted by atomic mass is 10.1. The van der Waals surface area contributed by atoms with Gasteiger partial charge in [0, 0.05) is 24.7 Å². The van der Waals surface area contributed by atoms with Gasteiger partial charge < -0.3 is 15.2 Å². The van der Waals surface area contributed by atoms with E-state index in [2.05, 4.69) is 42.0 Å². The van der Waals surface area contributed by atoms with Crippen molar-refractivity contribution in [1.82, 2.24) is 9.88 Å². The first kappa shape index (κ1) is 14.4. The number of benzene rings is 1. The summed E-state index contributed by atoms with van der Waals surface area (Å²) >= 11 is 0. The standard InChI is InChI=1S/C16H23N3O/c1-4-19-11-14(13-7-5-6-8-15(13)19)18-16(20)17-10-9-12(2)3/h5-8,11-12H,4,9-10H2,1-3H3,(H2,17,18,20). The quantitative estimate of drug-likeness (QED) is 0.854. The molecule has 4 nitrogen and oxygen atoms in total. The monoisotopic (exact) mass is 273 g/mol. The molecule has 0 saturated carbocycles. The SMILES string of the molecule is CCn1cc(NC(=O)NCCC(C)C)c2ccccc21. The third-order valence-corrected chi connectivity index (χ3v) is 3.38. The molecule has 0 fully saturated rings. The van der Waals surface area contributed by atoms with E-state index in [1.807, 2.05) is 24.4 Å². The molecule has 1 aromatic heterocycles. The maximum atomic E-state index is 11.9. The average molecular weight is 273 g/mol. The molecule has 2 amide bonds. The average Bonchev–Trinajstić information content (AvgIpc) is 2.77. The van der Waals surface area contributed by atoms with Crippen LogP contribution in [0.25, 0.3) is 10.9 Å². The summed E-state index contributed by atoms with van der Waals surface area (Å²) in [7, 11) is 0. The number of aromatic nitrogens is 1. The number of urea groups is 1. The molecular formula is C16H23N3O. The Bertz CT molecular complexity index is 586. The van der Waals surface area contributed by atoms with Crippen LogP contribution in [0.1, 0.15) is 27.2 Å². The highest BCUT2D eigenvalue weighted by atomic mass is 16.2. The summed E-state index contributed by atoms with van der Waals surface area (Å²) < 4.78 is 2.14. The number of rotatable bonds is 5. The molecule has 2 rings (SSSR count). The lowest BCUT2D eigenvalue weighted by molar-refractivity contribution is 0.251. The fourth-order valence-electron chi connectivity index (χ4n) is 2.25. The van der Waals surface area contributed by atoms with E-state index < -0.39 is 0 Å². The number of aryl methyl sites for hydroxylation is 1. The number of amides is 2. The Labute approximate surface area is 120 Å². The van der Waals surface area contributed by atoms with Gasteiger partial charge in [-0.2, -0.15) is 0 Å². The van der Waals surface area contributed by atoms with Crippen molar-refractivity contribution in [2.75, 3.05) is 11.9 Å². The summed E-state index contributed by atoms with van der Waals surface area (Å²) in [4.78, 5) is 11.9. The Balaban J connectivity index is 2.08. The van der Waals surface area contributed by atoms with Gasteiger partial charge in [0.2, 0.25) is 0 Å². The van der Waals surface area contributed by atoms with Crippen molar-refractivity contribution in [3.05, 3.63) is 30.5 Å². The largest absolute Gasteiger partial charge is 0.346 e. The molecule has 1 heterocycles. The number of anilines is 1. The Hall–Kier alpha value is -1.97. The lowest BCUT2D eigenvalue weighted by Gasteiger charge is -2.08. The number of hydrogen-bond acceptors (Lipinski definition) is 1. The van der Waals surface area contributed by atoms with Crippen molar-refractivity contribution in [3.8, 4) is 0 Å². The van der Waals surface area contributed by atoms with Crippen molar-refractivity contribution >= 4 is 22.6 Å². The van der Waals surface area contributed by atoms with Crippen molar-refractivity contribution < 1.29 is 4.79 Å². The highest BCUT2D eigenvalue weighted by Gasteiger charge is 2.09. The number of hydrogen-bond donors (Lipinski definition) is 2. The molecule has 0 aliphatic heterocycles. The molecule has 108 valence electrons. The fraction of sp³-hybridized carbons (Fsp3) is 0.438. The summed E-state index contributed by atoms with van der Waals surface area (Å²) in [5.41, 5.74) is 2.01. The van der Waals surface area contributed by atoms with E-state index in [1.165, 1.54) is 0 Å². The predicted molar refractivity (Wildman–Crippen MR) is 84.1 cm³/mol. The minimum absolute atomic E-state index is 0.135. The second kappa shape index (κ2) is 6.46. The normalized spacial score (nSPS) is 11.0. The molecule has 0 aliphatic carbocycles. The minimum atomic E-state index is -0.135. The molecule has 0 spiro atoms. The van der Waals surface area contributed by atoms with Crippen LogP contribution in [-0.2, 0) is 6.54 Å². The van der Waals surface area contributed by atoms with Crippen LogP contribution in [0.3, 0.4) is 0 Å². The molecule has 0 unspecified atom stereocenters. The second-order valence-corrected chi connectivity index (χ2v) is 5.41. The molecule has 4 heteroatoms. The van der Waals surface area contributed by atoms with Gasteiger partial charge in [-0.15, -0.1) is 0 Å². The molecule has 20 heavy (non-hydrogen) atoms. The molecular weight excluding hydrogens is 250 g/mol. The fourth-order valence-corrected chi connectivity index (χ4v) is 2.25. The van der Waals surface area contributed by atoms with Crippen molar-refractivity contribution in [1.29, 1.82) is 0 Å². The Kier molecular flexibility index (Phi) is 4.66. The van der Waals surface area contributed by atoms with Gasteiger partial charge in [0.05, 0.1) is 11.2 Å². The summed E-state index contributed by atoms with van der Waals surface area (Å²) in [6.07, 6.45) is 2.98. The number of nitrogens with one attached hydrogen (secondary N) is 2. The van der Waals surface area contributed by atoms with E-state index in [0.29, 0.717) is 12.5 Å². The van der Waals surface area contributed by atoms with Gasteiger partial charge >= 0.3 is 6.03 Å². The van der Waals surface area contributed by atoms with Gasteiger partial charge in [-0.3, -0.25) is 0 Å². The number of fused-ring (bicyclic) bond motifs is 1. The van der Waals surface area contributed by atoms with Crippen LogP contribution in [0.2, 0.25) is 0 Å². The molecule has 0 atom stereocenters. The van der Waals surface area contributed by atoms with Crippen molar-refractivity contribution in [2.45, 2.75) is 33.7 Å². The zero-order chi connectivity index (χ0) is 14.5. The van der Waals surface area contributed by atoms with Crippen LogP contribution in [0.4, 0.5) is 10.5 Å². The van der Waals surface area contributed by atoms with E-state index in [9.17, 15) is 4.79 Å². The Morgan fingerprint density at radius 2 is 2.05 bits per heavy atom. The first-order chi connectivity index (χ1) is 9.61. The maximum absolute atomic E-state index is 11.9. The smallest absolute Gasteiger partial charge is 0.319 e. The highest BCUT2D eigenvalue weighted by Crippen LogP contribution is 2.25. The van der Waals surface area contributed by atoms with Crippen LogP contribution in [0.15, 0.2) is 30.5 Å². The van der Waals surface area contributed by atoms with Crippen molar-refractivity contribution in [2.24, 2.45) is 5.92 Å². The van der Waals surface area contributed by atoms with Gasteiger partial charge in [-0.25, -0.2) is 4.79 Å². The number of carbonyl (C=O) groups excluding carboxylic acids is 1. The van der Waals surface area contributed by atoms with Crippen LogP contribution in [0.5, 0.6) is 0 Å². The first-order valence-electron chi connectivity index (χ1n) is 7.24. The molecule has 1 aromatic carbocycles. The van der Waals surface area contributed by atoms with E-state index in [4.69, 9.17) is 0 Å².